The molecule has 0 rings (SSSR count). The first-order valence-electron chi connectivity index (χ1n) is 5.60. The van der Waals surface area contributed by atoms with Gasteiger partial charge < -0.3 is 0 Å². The van der Waals surface area contributed by atoms with Crippen LogP contribution in [-0.4, -0.2) is 0 Å². The lowest BCUT2D eigenvalue weighted by atomic mass is 10.1. The summed E-state index contributed by atoms with van der Waals surface area (Å²) in [4.78, 5) is 0. The predicted molar refractivity (Wildman–Crippen MR) is 60.4 cm³/mol. The molecule has 0 saturated carbocycles. The first kappa shape index (κ1) is 12.6. The monoisotopic (exact) mass is 179 g/mol. The van der Waals surface area contributed by atoms with Crippen LogP contribution in [0.25, 0.3) is 0 Å². The lowest BCUT2D eigenvalue weighted by Gasteiger charge is -1.98. The van der Waals surface area contributed by atoms with Gasteiger partial charge in [-0.15, -0.1) is 11.8 Å². The quantitative estimate of drug-likeness (QED) is 0.384. The lowest BCUT2D eigenvalue weighted by molar-refractivity contribution is 0.585. The zero-order valence-corrected chi connectivity index (χ0v) is 9.07. The largest absolute Gasteiger partial charge is 0.107 e. The van der Waals surface area contributed by atoms with Crippen LogP contribution in [-0.2, 0) is 0 Å². The van der Waals surface area contributed by atoms with Gasteiger partial charge in [-0.25, -0.2) is 0 Å². The molecule has 0 aliphatic heterocycles. The van der Waals surface area contributed by atoms with Crippen LogP contribution in [0.2, 0.25) is 0 Å². The van der Waals surface area contributed by atoms with E-state index in [4.69, 9.17) is 0 Å². The van der Waals surface area contributed by atoms with Gasteiger partial charge in [0.15, 0.2) is 0 Å². The third-order valence-electron chi connectivity index (χ3n) is 2.23. The lowest BCUT2D eigenvalue weighted by Crippen LogP contribution is -1.79. The molecule has 0 nitrogen and oxygen atoms in total. The minimum absolute atomic E-state index is 1.09. The second-order valence-corrected chi connectivity index (χ2v) is 3.51. The van der Waals surface area contributed by atoms with Gasteiger partial charge in [0, 0.05) is 6.42 Å². The molecule has 0 heterocycles. The number of hydrogen-bond acceptors (Lipinski definition) is 0. The van der Waals surface area contributed by atoms with Gasteiger partial charge in [0.1, 0.15) is 0 Å². The third kappa shape index (κ3) is 11.6. The highest BCUT2D eigenvalue weighted by atomic mass is 14.0. The third-order valence-corrected chi connectivity index (χ3v) is 2.23. The highest BCUT2D eigenvalue weighted by Crippen LogP contribution is 2.08. The SMILES string of the molecule is [CH2]CCCCCCCCCC#CC. The van der Waals surface area contributed by atoms with Crippen molar-refractivity contribution < 1.29 is 0 Å². The molecular formula is C13H23. The fourth-order valence-electron chi connectivity index (χ4n) is 1.40. The first-order valence-corrected chi connectivity index (χ1v) is 5.60. The van der Waals surface area contributed by atoms with Crippen LogP contribution < -0.4 is 0 Å². The normalized spacial score (nSPS) is 9.38. The van der Waals surface area contributed by atoms with E-state index in [1.807, 2.05) is 6.92 Å². The molecule has 0 amide bonds. The van der Waals surface area contributed by atoms with Crippen LogP contribution in [0.5, 0.6) is 0 Å². The Morgan fingerprint density at radius 2 is 1.38 bits per heavy atom. The van der Waals surface area contributed by atoms with Gasteiger partial charge in [0.05, 0.1) is 0 Å². The predicted octanol–water partition coefficient (Wildman–Crippen LogP) is 4.35. The topological polar surface area (TPSA) is 0 Å². The minimum atomic E-state index is 1.09. The van der Waals surface area contributed by atoms with Crippen molar-refractivity contribution in [3.63, 3.8) is 0 Å². The molecule has 0 aliphatic carbocycles. The summed E-state index contributed by atoms with van der Waals surface area (Å²) in [6, 6.07) is 0. The Labute approximate surface area is 84.1 Å². The fourth-order valence-corrected chi connectivity index (χ4v) is 1.40. The Kier molecular flexibility index (Phi) is 11.2. The standard InChI is InChI=1S/C13H23/c1-3-5-7-9-11-13-12-10-8-6-4-2/h1,3,5,7-13H2,2H3. The minimum Gasteiger partial charge on any atom is -0.107 e. The van der Waals surface area contributed by atoms with E-state index in [9.17, 15) is 0 Å². The highest BCUT2D eigenvalue weighted by Gasteiger charge is 1.89. The summed E-state index contributed by atoms with van der Waals surface area (Å²) in [5.41, 5.74) is 0. The van der Waals surface area contributed by atoms with E-state index in [0.29, 0.717) is 0 Å². The van der Waals surface area contributed by atoms with Crippen molar-refractivity contribution in [1.82, 2.24) is 0 Å². The summed E-state index contributed by atoms with van der Waals surface area (Å²) in [5, 5.41) is 0. The van der Waals surface area contributed by atoms with Gasteiger partial charge in [-0.1, -0.05) is 51.9 Å². The van der Waals surface area contributed by atoms with Crippen LogP contribution in [0.15, 0.2) is 0 Å². The van der Waals surface area contributed by atoms with Gasteiger partial charge in [-0.2, -0.15) is 0 Å². The Balaban J connectivity index is 2.86. The highest BCUT2D eigenvalue weighted by molar-refractivity contribution is 4.94. The van der Waals surface area contributed by atoms with Crippen molar-refractivity contribution in [3.05, 3.63) is 6.92 Å². The molecule has 0 fully saturated rings. The molecule has 0 atom stereocenters. The van der Waals surface area contributed by atoms with Crippen molar-refractivity contribution in [2.45, 2.75) is 64.7 Å². The molecule has 13 heavy (non-hydrogen) atoms. The summed E-state index contributed by atoms with van der Waals surface area (Å²) >= 11 is 0. The first-order chi connectivity index (χ1) is 6.41. The van der Waals surface area contributed by atoms with Crippen molar-refractivity contribution >= 4 is 0 Å². The summed E-state index contributed by atoms with van der Waals surface area (Å²) in [6.07, 6.45) is 11.7. The van der Waals surface area contributed by atoms with Crippen LogP contribution in [0, 0.1) is 18.8 Å². The van der Waals surface area contributed by atoms with E-state index >= 15 is 0 Å². The van der Waals surface area contributed by atoms with Gasteiger partial charge in [0.25, 0.3) is 0 Å². The molecule has 1 radical (unpaired) electrons. The van der Waals surface area contributed by atoms with Gasteiger partial charge in [0.2, 0.25) is 0 Å². The molecule has 0 heteroatoms. The molecule has 0 aromatic carbocycles. The summed E-state index contributed by atoms with van der Waals surface area (Å²) in [7, 11) is 0. The Hall–Kier alpha value is -0.440. The zero-order chi connectivity index (χ0) is 9.78. The maximum atomic E-state index is 3.84. The Morgan fingerprint density at radius 3 is 1.92 bits per heavy atom. The molecule has 0 aliphatic rings. The molecule has 0 N–H and O–H groups in total. The van der Waals surface area contributed by atoms with Crippen LogP contribution in [0.4, 0.5) is 0 Å². The van der Waals surface area contributed by atoms with E-state index in [0.717, 1.165) is 12.8 Å². The van der Waals surface area contributed by atoms with Gasteiger partial charge in [-0.05, 0) is 13.3 Å². The fraction of sp³-hybridized carbons (Fsp3) is 0.769. The van der Waals surface area contributed by atoms with Crippen LogP contribution in [0.1, 0.15) is 64.7 Å². The van der Waals surface area contributed by atoms with E-state index in [1.54, 1.807) is 0 Å². The van der Waals surface area contributed by atoms with Crippen molar-refractivity contribution in [2.24, 2.45) is 0 Å². The van der Waals surface area contributed by atoms with Crippen LogP contribution >= 0.6 is 0 Å². The van der Waals surface area contributed by atoms with E-state index in [1.165, 1.54) is 44.9 Å². The summed E-state index contributed by atoms with van der Waals surface area (Å²) in [5.74, 6) is 6.03. The Bertz CT molecular complexity index is 136. The van der Waals surface area contributed by atoms with Gasteiger partial charge in [-0.3, -0.25) is 0 Å². The molecular weight excluding hydrogens is 156 g/mol. The molecule has 0 bridgehead atoms. The Morgan fingerprint density at radius 1 is 0.846 bits per heavy atom. The molecule has 0 saturated heterocycles. The average molecular weight is 179 g/mol. The molecule has 0 spiro atoms. The number of hydrogen-bond donors (Lipinski definition) is 0. The maximum Gasteiger partial charge on any atom is 0.00885 e. The van der Waals surface area contributed by atoms with Crippen molar-refractivity contribution in [2.75, 3.05) is 0 Å². The molecule has 0 unspecified atom stereocenters. The van der Waals surface area contributed by atoms with Crippen molar-refractivity contribution in [3.8, 4) is 11.8 Å². The summed E-state index contributed by atoms with van der Waals surface area (Å²) in [6.45, 7) is 5.75. The van der Waals surface area contributed by atoms with Crippen molar-refractivity contribution in [1.29, 1.82) is 0 Å². The van der Waals surface area contributed by atoms with E-state index in [2.05, 4.69) is 18.8 Å². The molecule has 0 aromatic rings. The number of rotatable bonds is 8. The average Bonchev–Trinajstić information content (AvgIpc) is 2.16. The van der Waals surface area contributed by atoms with E-state index < -0.39 is 0 Å². The molecule has 0 aromatic heterocycles. The van der Waals surface area contributed by atoms with Gasteiger partial charge >= 0.3 is 0 Å². The van der Waals surface area contributed by atoms with Crippen LogP contribution in [0.3, 0.4) is 0 Å². The summed E-state index contributed by atoms with van der Waals surface area (Å²) < 4.78 is 0. The maximum absolute atomic E-state index is 3.84. The zero-order valence-electron chi connectivity index (χ0n) is 9.07. The van der Waals surface area contributed by atoms with E-state index in [-0.39, 0.29) is 0 Å². The smallest absolute Gasteiger partial charge is 0.00885 e. The number of unbranched alkanes of at least 4 members (excludes halogenated alkanes) is 8. The second kappa shape index (κ2) is 11.6. The second-order valence-electron chi connectivity index (χ2n) is 3.51. The molecule has 75 valence electrons.